The maximum Gasteiger partial charge on any atom is 0.0657 e. The van der Waals surface area contributed by atoms with Crippen LogP contribution in [0.3, 0.4) is 0 Å². The molecule has 108 valence electrons. The average Bonchev–Trinajstić information content (AvgIpc) is 2.44. The Morgan fingerprint density at radius 2 is 1.95 bits per heavy atom. The van der Waals surface area contributed by atoms with Crippen LogP contribution in [0.25, 0.3) is 0 Å². The third-order valence-corrected chi connectivity index (χ3v) is 3.42. The first kappa shape index (κ1) is 16.2. The van der Waals surface area contributed by atoms with Gasteiger partial charge in [0.05, 0.1) is 12.6 Å². The molecule has 1 aromatic carbocycles. The van der Waals surface area contributed by atoms with Gasteiger partial charge in [0, 0.05) is 13.7 Å². The number of ether oxygens (including phenoxy) is 1. The molecule has 0 aliphatic carbocycles. The lowest BCUT2D eigenvalue weighted by Gasteiger charge is -2.22. The van der Waals surface area contributed by atoms with E-state index < -0.39 is 0 Å². The molecule has 3 nitrogen and oxygen atoms in total. The van der Waals surface area contributed by atoms with Gasteiger partial charge in [-0.3, -0.25) is 0 Å². The fourth-order valence-electron chi connectivity index (χ4n) is 2.37. The summed E-state index contributed by atoms with van der Waals surface area (Å²) in [7, 11) is 1.73. The Morgan fingerprint density at radius 1 is 1.21 bits per heavy atom. The van der Waals surface area contributed by atoms with E-state index in [1.165, 1.54) is 5.56 Å². The first-order chi connectivity index (χ1) is 9.31. The quantitative estimate of drug-likeness (QED) is 0.683. The van der Waals surface area contributed by atoms with Gasteiger partial charge in [-0.25, -0.2) is 0 Å². The number of methoxy groups -OCH3 is 1. The maximum absolute atomic E-state index is 9.10. The zero-order chi connectivity index (χ0) is 13.9. The molecule has 0 radical (unpaired) electrons. The van der Waals surface area contributed by atoms with E-state index in [4.69, 9.17) is 9.84 Å². The van der Waals surface area contributed by atoms with Crippen LogP contribution in [0.4, 0.5) is 0 Å². The summed E-state index contributed by atoms with van der Waals surface area (Å²) in [5, 5.41) is 12.7. The Kier molecular flexibility index (Phi) is 8.47. The third kappa shape index (κ3) is 6.19. The molecule has 0 spiro atoms. The maximum atomic E-state index is 9.10. The highest BCUT2D eigenvalue weighted by Crippen LogP contribution is 2.15. The summed E-state index contributed by atoms with van der Waals surface area (Å²) in [5.74, 6) is 0.540. The zero-order valence-electron chi connectivity index (χ0n) is 12.1. The summed E-state index contributed by atoms with van der Waals surface area (Å²) < 4.78 is 5.30. The first-order valence-corrected chi connectivity index (χ1v) is 7.19. The molecule has 3 heteroatoms. The Labute approximate surface area is 117 Å². The Morgan fingerprint density at radius 3 is 2.53 bits per heavy atom. The predicted molar refractivity (Wildman–Crippen MR) is 79.2 cm³/mol. The van der Waals surface area contributed by atoms with Crippen LogP contribution in [-0.4, -0.2) is 32.0 Å². The second-order valence-corrected chi connectivity index (χ2v) is 4.99. The minimum absolute atomic E-state index is 0.226. The Bertz CT molecular complexity index is 310. The topological polar surface area (TPSA) is 41.5 Å². The number of nitrogens with one attached hydrogen (secondary N) is 1. The number of aliphatic hydroxyl groups excluding tert-OH is 1. The van der Waals surface area contributed by atoms with Gasteiger partial charge in [0.1, 0.15) is 0 Å². The third-order valence-electron chi connectivity index (χ3n) is 3.42. The second-order valence-electron chi connectivity index (χ2n) is 4.99. The van der Waals surface area contributed by atoms with E-state index >= 15 is 0 Å². The molecular formula is C16H27NO2. The van der Waals surface area contributed by atoms with Gasteiger partial charge in [-0.05, 0) is 30.9 Å². The van der Waals surface area contributed by atoms with Crippen molar-refractivity contribution in [1.29, 1.82) is 0 Å². The number of rotatable bonds is 10. The SMILES string of the molecule is CCCC(CCO)CNC(COC)c1ccccc1. The fourth-order valence-corrected chi connectivity index (χ4v) is 2.37. The summed E-state index contributed by atoms with van der Waals surface area (Å²) in [6, 6.07) is 10.6. The number of hydrogen-bond acceptors (Lipinski definition) is 3. The summed E-state index contributed by atoms with van der Waals surface area (Å²) >= 11 is 0. The number of aliphatic hydroxyl groups is 1. The van der Waals surface area contributed by atoms with Crippen molar-refractivity contribution in [3.8, 4) is 0 Å². The highest BCUT2D eigenvalue weighted by Gasteiger charge is 2.13. The average molecular weight is 265 g/mol. The highest BCUT2D eigenvalue weighted by atomic mass is 16.5. The Balaban J connectivity index is 2.53. The molecule has 0 saturated heterocycles. The van der Waals surface area contributed by atoms with Crippen LogP contribution >= 0.6 is 0 Å². The summed E-state index contributed by atoms with van der Waals surface area (Å²) in [6.07, 6.45) is 3.18. The van der Waals surface area contributed by atoms with Crippen molar-refractivity contribution < 1.29 is 9.84 Å². The van der Waals surface area contributed by atoms with Gasteiger partial charge >= 0.3 is 0 Å². The minimum Gasteiger partial charge on any atom is -0.396 e. The lowest BCUT2D eigenvalue weighted by Crippen LogP contribution is -2.30. The van der Waals surface area contributed by atoms with Crippen molar-refractivity contribution in [3.63, 3.8) is 0 Å². The van der Waals surface area contributed by atoms with Crippen LogP contribution in [0.15, 0.2) is 30.3 Å². The first-order valence-electron chi connectivity index (χ1n) is 7.19. The molecule has 0 bridgehead atoms. The lowest BCUT2D eigenvalue weighted by molar-refractivity contribution is 0.161. The van der Waals surface area contributed by atoms with Gasteiger partial charge in [-0.1, -0.05) is 43.7 Å². The van der Waals surface area contributed by atoms with E-state index in [1.807, 2.05) is 6.07 Å². The van der Waals surface area contributed by atoms with Crippen LogP contribution in [0.1, 0.15) is 37.8 Å². The van der Waals surface area contributed by atoms with Gasteiger partial charge in [0.2, 0.25) is 0 Å². The molecule has 0 aliphatic rings. The number of benzene rings is 1. The van der Waals surface area contributed by atoms with E-state index in [9.17, 15) is 0 Å². The fraction of sp³-hybridized carbons (Fsp3) is 0.625. The van der Waals surface area contributed by atoms with Crippen molar-refractivity contribution >= 4 is 0 Å². The molecular weight excluding hydrogens is 238 g/mol. The van der Waals surface area contributed by atoms with Gasteiger partial charge in [-0.2, -0.15) is 0 Å². The van der Waals surface area contributed by atoms with Crippen LogP contribution in [0, 0.1) is 5.92 Å². The predicted octanol–water partition coefficient (Wildman–Crippen LogP) is 2.76. The van der Waals surface area contributed by atoms with Crippen LogP contribution in [-0.2, 0) is 4.74 Å². The molecule has 0 heterocycles. The standard InChI is InChI=1S/C16H27NO2/c1-3-7-14(10-11-18)12-17-16(13-19-2)15-8-5-4-6-9-15/h4-6,8-9,14,16-18H,3,7,10-13H2,1-2H3. The summed E-state index contributed by atoms with van der Waals surface area (Å²) in [4.78, 5) is 0. The van der Waals surface area contributed by atoms with Crippen LogP contribution in [0.5, 0.6) is 0 Å². The van der Waals surface area contributed by atoms with E-state index in [2.05, 4.69) is 36.5 Å². The molecule has 0 aromatic heterocycles. The zero-order valence-corrected chi connectivity index (χ0v) is 12.1. The molecule has 0 saturated carbocycles. The van der Waals surface area contributed by atoms with Crippen molar-refractivity contribution in [3.05, 3.63) is 35.9 Å². The number of hydrogen-bond donors (Lipinski definition) is 2. The van der Waals surface area contributed by atoms with Gasteiger partial charge in [0.25, 0.3) is 0 Å². The molecule has 0 fully saturated rings. The molecule has 1 aromatic rings. The molecule has 2 N–H and O–H groups in total. The molecule has 19 heavy (non-hydrogen) atoms. The Hall–Kier alpha value is -0.900. The van der Waals surface area contributed by atoms with Crippen molar-refractivity contribution in [2.45, 2.75) is 32.2 Å². The molecule has 2 atom stereocenters. The summed E-state index contributed by atoms with van der Waals surface area (Å²) in [5.41, 5.74) is 1.25. The van der Waals surface area contributed by atoms with Crippen LogP contribution < -0.4 is 5.32 Å². The molecule has 1 rings (SSSR count). The van der Waals surface area contributed by atoms with Crippen molar-refractivity contribution in [2.75, 3.05) is 26.9 Å². The van der Waals surface area contributed by atoms with E-state index in [0.717, 1.165) is 25.8 Å². The van der Waals surface area contributed by atoms with Gasteiger partial charge in [-0.15, -0.1) is 0 Å². The molecule has 0 amide bonds. The highest BCUT2D eigenvalue weighted by molar-refractivity contribution is 5.18. The van der Waals surface area contributed by atoms with Gasteiger partial charge in [0.15, 0.2) is 0 Å². The van der Waals surface area contributed by atoms with E-state index in [-0.39, 0.29) is 12.6 Å². The lowest BCUT2D eigenvalue weighted by atomic mass is 9.99. The van der Waals surface area contributed by atoms with E-state index in [1.54, 1.807) is 7.11 Å². The second kappa shape index (κ2) is 9.96. The molecule has 0 aliphatic heterocycles. The smallest absolute Gasteiger partial charge is 0.0657 e. The molecule has 2 unspecified atom stereocenters. The van der Waals surface area contributed by atoms with E-state index in [0.29, 0.717) is 12.5 Å². The normalized spacial score (nSPS) is 14.3. The van der Waals surface area contributed by atoms with Crippen LogP contribution in [0.2, 0.25) is 0 Å². The summed E-state index contributed by atoms with van der Waals surface area (Å²) in [6.45, 7) is 4.06. The van der Waals surface area contributed by atoms with Gasteiger partial charge < -0.3 is 15.2 Å². The largest absolute Gasteiger partial charge is 0.396 e. The monoisotopic (exact) mass is 265 g/mol. The van der Waals surface area contributed by atoms with Crippen molar-refractivity contribution in [2.24, 2.45) is 5.92 Å². The minimum atomic E-state index is 0.226. The van der Waals surface area contributed by atoms with Crippen molar-refractivity contribution in [1.82, 2.24) is 5.32 Å².